The van der Waals surface area contributed by atoms with Crippen molar-refractivity contribution in [2.45, 2.75) is 26.8 Å². The Morgan fingerprint density at radius 1 is 1.23 bits per heavy atom. The van der Waals surface area contributed by atoms with Crippen LogP contribution in [0.15, 0.2) is 30.6 Å². The molecule has 0 radical (unpaired) electrons. The zero-order valence-corrected chi connectivity index (χ0v) is 17.7. The highest BCUT2D eigenvalue weighted by molar-refractivity contribution is 6.01. The lowest BCUT2D eigenvalue weighted by molar-refractivity contribution is 0.0986. The summed E-state index contributed by atoms with van der Waals surface area (Å²) in [6.07, 6.45) is 3.66. The van der Waals surface area contributed by atoms with Gasteiger partial charge in [-0.2, -0.15) is 10.2 Å². The lowest BCUT2D eigenvalue weighted by Crippen LogP contribution is -2.44. The quantitative estimate of drug-likeness (QED) is 0.565. The van der Waals surface area contributed by atoms with Crippen molar-refractivity contribution < 1.29 is 4.74 Å². The number of aromatic nitrogens is 6. The number of aromatic amines is 1. The average Bonchev–Trinajstić information content (AvgIpc) is 3.36. The van der Waals surface area contributed by atoms with Crippen LogP contribution in [-0.2, 0) is 11.8 Å². The number of nitrogens with one attached hydrogen (secondary N) is 1. The molecule has 8 nitrogen and oxygen atoms in total. The van der Waals surface area contributed by atoms with E-state index in [4.69, 9.17) is 14.8 Å². The van der Waals surface area contributed by atoms with Crippen LogP contribution >= 0.6 is 0 Å². The Morgan fingerprint density at radius 2 is 2.10 bits per heavy atom. The normalized spacial score (nSPS) is 17.1. The molecule has 1 N–H and O–H groups in total. The van der Waals surface area contributed by atoms with Gasteiger partial charge >= 0.3 is 0 Å². The molecule has 0 spiro atoms. The number of H-pyrrole nitrogens is 1. The van der Waals surface area contributed by atoms with Crippen molar-refractivity contribution in [2.24, 2.45) is 7.05 Å². The second kappa shape index (κ2) is 7.21. The molecule has 0 bridgehead atoms. The molecular weight excluding hydrogens is 378 g/mol. The first kappa shape index (κ1) is 18.7. The van der Waals surface area contributed by atoms with Gasteiger partial charge in [0.15, 0.2) is 0 Å². The molecule has 5 rings (SSSR count). The van der Waals surface area contributed by atoms with Crippen molar-refractivity contribution in [3.63, 3.8) is 0 Å². The maximum absolute atomic E-state index is 5.65. The van der Waals surface area contributed by atoms with Crippen LogP contribution in [0.3, 0.4) is 0 Å². The Labute approximate surface area is 174 Å². The summed E-state index contributed by atoms with van der Waals surface area (Å²) in [6, 6.07) is 6.40. The van der Waals surface area contributed by atoms with Crippen molar-refractivity contribution in [1.82, 2.24) is 29.9 Å². The van der Waals surface area contributed by atoms with E-state index in [1.54, 1.807) is 6.20 Å². The second-order valence-corrected chi connectivity index (χ2v) is 7.86. The fourth-order valence-corrected chi connectivity index (χ4v) is 4.34. The third-order valence-corrected chi connectivity index (χ3v) is 5.80. The molecule has 1 atom stereocenters. The largest absolute Gasteiger partial charge is 0.377 e. The molecule has 0 saturated carbocycles. The Bertz CT molecular complexity index is 1190. The number of pyridine rings is 2. The molecule has 8 heteroatoms. The van der Waals surface area contributed by atoms with Gasteiger partial charge in [-0.1, -0.05) is 0 Å². The number of nitrogens with zero attached hydrogens (tertiary/aromatic N) is 6. The van der Waals surface area contributed by atoms with Gasteiger partial charge in [-0.05, 0) is 44.5 Å². The zero-order valence-electron chi connectivity index (χ0n) is 17.7. The maximum Gasteiger partial charge on any atom is 0.139 e. The minimum Gasteiger partial charge on any atom is -0.377 e. The number of hydrogen-bond acceptors (Lipinski definition) is 6. The van der Waals surface area contributed by atoms with Crippen LogP contribution in [0.4, 0.5) is 5.82 Å². The van der Waals surface area contributed by atoms with Crippen LogP contribution < -0.4 is 4.90 Å². The van der Waals surface area contributed by atoms with Gasteiger partial charge in [0.05, 0.1) is 24.8 Å². The molecule has 0 aromatic carbocycles. The summed E-state index contributed by atoms with van der Waals surface area (Å²) < 4.78 is 7.55. The van der Waals surface area contributed by atoms with Crippen molar-refractivity contribution in [1.29, 1.82) is 0 Å². The van der Waals surface area contributed by atoms with E-state index in [9.17, 15) is 0 Å². The van der Waals surface area contributed by atoms with E-state index in [1.807, 2.05) is 24.0 Å². The molecule has 0 amide bonds. The number of ether oxygens (including phenoxy) is 1. The van der Waals surface area contributed by atoms with Gasteiger partial charge in [0.2, 0.25) is 0 Å². The summed E-state index contributed by atoms with van der Waals surface area (Å²) in [4.78, 5) is 12.0. The molecule has 1 unspecified atom stereocenters. The fraction of sp³-hybridized carbons (Fsp3) is 0.364. The predicted octanol–water partition coefficient (Wildman–Crippen LogP) is 3.26. The maximum atomic E-state index is 5.65. The Kier molecular flexibility index (Phi) is 4.51. The number of morpholine rings is 1. The molecule has 5 heterocycles. The first-order valence-corrected chi connectivity index (χ1v) is 10.2. The summed E-state index contributed by atoms with van der Waals surface area (Å²) in [7, 11) is 1.96. The fourth-order valence-electron chi connectivity index (χ4n) is 4.34. The van der Waals surface area contributed by atoms with Gasteiger partial charge in [-0.15, -0.1) is 0 Å². The van der Waals surface area contributed by atoms with Gasteiger partial charge < -0.3 is 9.64 Å². The summed E-state index contributed by atoms with van der Waals surface area (Å²) in [5.74, 6) is 0.931. The van der Waals surface area contributed by atoms with Crippen molar-refractivity contribution in [3.05, 3.63) is 41.9 Å². The van der Waals surface area contributed by atoms with E-state index in [0.29, 0.717) is 13.2 Å². The van der Waals surface area contributed by atoms with Crippen molar-refractivity contribution in [2.75, 3.05) is 24.7 Å². The lowest BCUT2D eigenvalue weighted by atomic mass is 9.98. The topological polar surface area (TPSA) is 84.8 Å². The van der Waals surface area contributed by atoms with Gasteiger partial charge in [-0.3, -0.25) is 14.8 Å². The third-order valence-electron chi connectivity index (χ3n) is 5.80. The third kappa shape index (κ3) is 2.95. The molecule has 0 aliphatic carbocycles. The van der Waals surface area contributed by atoms with Crippen LogP contribution in [0.1, 0.15) is 18.2 Å². The van der Waals surface area contributed by atoms with Crippen LogP contribution in [-0.4, -0.2) is 55.7 Å². The summed E-state index contributed by atoms with van der Waals surface area (Å²) in [5.41, 5.74) is 7.78. The molecule has 4 aromatic heterocycles. The molecular formula is C22H25N7O. The van der Waals surface area contributed by atoms with E-state index in [-0.39, 0.29) is 6.04 Å². The highest BCUT2D eigenvalue weighted by Crippen LogP contribution is 2.38. The second-order valence-electron chi connectivity index (χ2n) is 7.86. The SMILES string of the molecule is Cc1ccnc(C)c1-c1cc(N2CCOCC2C)nc2c(-c3cc[nH]n3)nn(C)c12. The van der Waals surface area contributed by atoms with Gasteiger partial charge in [0.1, 0.15) is 22.7 Å². The number of fused-ring (bicyclic) bond motifs is 1. The van der Waals surface area contributed by atoms with Crippen LogP contribution in [0.2, 0.25) is 0 Å². The van der Waals surface area contributed by atoms with Crippen LogP contribution in [0.5, 0.6) is 0 Å². The minimum atomic E-state index is 0.248. The number of aryl methyl sites for hydroxylation is 3. The first-order chi connectivity index (χ1) is 14.5. The number of rotatable bonds is 3. The van der Waals surface area contributed by atoms with Gasteiger partial charge in [0, 0.05) is 42.8 Å². The Morgan fingerprint density at radius 3 is 2.83 bits per heavy atom. The molecule has 154 valence electrons. The standard InChI is InChI=1S/C22H25N7O/c1-13-5-7-23-15(3)19(13)16-11-18(29-9-10-30-12-14(29)2)25-21-20(17-6-8-24-26-17)27-28(4)22(16)21/h5-8,11,14H,9-10,12H2,1-4H3,(H,24,26). The van der Waals surface area contributed by atoms with Gasteiger partial charge in [0.25, 0.3) is 0 Å². The number of hydrogen-bond donors (Lipinski definition) is 1. The first-order valence-electron chi connectivity index (χ1n) is 10.2. The smallest absolute Gasteiger partial charge is 0.139 e. The van der Waals surface area contributed by atoms with Crippen molar-refractivity contribution >= 4 is 16.9 Å². The van der Waals surface area contributed by atoms with E-state index in [1.165, 1.54) is 5.56 Å². The molecule has 1 aliphatic heterocycles. The van der Waals surface area contributed by atoms with E-state index in [2.05, 4.69) is 53.0 Å². The van der Waals surface area contributed by atoms with Crippen LogP contribution in [0, 0.1) is 13.8 Å². The Hall–Kier alpha value is -3.26. The molecule has 1 fully saturated rings. The van der Waals surface area contributed by atoms with E-state index < -0.39 is 0 Å². The minimum absolute atomic E-state index is 0.248. The predicted molar refractivity (Wildman–Crippen MR) is 116 cm³/mol. The van der Waals surface area contributed by atoms with Crippen LogP contribution in [0.25, 0.3) is 33.5 Å². The average molecular weight is 403 g/mol. The highest BCUT2D eigenvalue weighted by Gasteiger charge is 2.26. The highest BCUT2D eigenvalue weighted by atomic mass is 16.5. The van der Waals surface area contributed by atoms with Crippen molar-refractivity contribution in [3.8, 4) is 22.5 Å². The lowest BCUT2D eigenvalue weighted by Gasteiger charge is -2.34. The van der Waals surface area contributed by atoms with E-state index >= 15 is 0 Å². The van der Waals surface area contributed by atoms with Gasteiger partial charge in [-0.25, -0.2) is 4.98 Å². The summed E-state index contributed by atoms with van der Waals surface area (Å²) in [6.45, 7) is 8.54. The Balaban J connectivity index is 1.84. The monoisotopic (exact) mass is 403 g/mol. The zero-order chi connectivity index (χ0) is 20.8. The molecule has 4 aromatic rings. The number of anilines is 1. The molecule has 1 aliphatic rings. The molecule has 1 saturated heterocycles. The molecule has 30 heavy (non-hydrogen) atoms. The van der Waals surface area contributed by atoms with E-state index in [0.717, 1.165) is 51.6 Å². The summed E-state index contributed by atoms with van der Waals surface area (Å²) >= 11 is 0. The summed E-state index contributed by atoms with van der Waals surface area (Å²) in [5, 5.41) is 12.0.